The second-order valence-corrected chi connectivity index (χ2v) is 10.5. The third-order valence-electron chi connectivity index (χ3n) is 7.74. The molecule has 4 heterocycles. The molecule has 4 atom stereocenters. The molecule has 36 heavy (non-hydrogen) atoms. The van der Waals surface area contributed by atoms with Crippen molar-refractivity contribution in [2.75, 3.05) is 19.7 Å². The van der Waals surface area contributed by atoms with Crippen molar-refractivity contribution in [2.24, 2.45) is 0 Å². The molecule has 4 aliphatic rings. The predicted molar refractivity (Wildman–Crippen MR) is 129 cm³/mol. The highest BCUT2D eigenvalue weighted by Crippen LogP contribution is 2.44. The van der Waals surface area contributed by atoms with Crippen LogP contribution in [0.25, 0.3) is 0 Å². The number of guanidine groups is 2. The first kappa shape index (κ1) is 24.1. The first-order valence-electron chi connectivity index (χ1n) is 11.9. The second-order valence-electron chi connectivity index (χ2n) is 10.5. The molecule has 13 nitrogen and oxygen atoms in total. The van der Waals surface area contributed by atoms with Crippen LogP contribution < -0.4 is 31.3 Å². The number of fused-ring (bicyclic) bond motifs is 1. The third-order valence-corrected chi connectivity index (χ3v) is 7.74. The highest BCUT2D eigenvalue weighted by molar-refractivity contribution is 5.98. The minimum Gasteiger partial charge on any atom is -0.492 e. The number of ether oxygens (including phenoxy) is 1. The SMILES string of the molecule is CC(=O)NC[C@@H]1NC(=N)N2C[C@H](NC(=O)c3cccc4c3OCCC4(C)C)C(O)(O)[C@@]23NC(=N)N[C@@H]13. The van der Waals surface area contributed by atoms with Crippen molar-refractivity contribution in [1.82, 2.24) is 31.5 Å². The summed E-state index contributed by atoms with van der Waals surface area (Å²) in [5.41, 5.74) is -0.713. The topological polar surface area (TPSA) is 195 Å². The maximum atomic E-state index is 13.4. The van der Waals surface area contributed by atoms with Gasteiger partial charge in [0.25, 0.3) is 5.91 Å². The molecule has 4 aliphatic heterocycles. The van der Waals surface area contributed by atoms with Gasteiger partial charge < -0.3 is 46.4 Å². The summed E-state index contributed by atoms with van der Waals surface area (Å²) in [4.78, 5) is 26.3. The molecule has 0 unspecified atom stereocenters. The Balaban J connectivity index is 1.46. The van der Waals surface area contributed by atoms with Gasteiger partial charge >= 0.3 is 0 Å². The lowest BCUT2D eigenvalue weighted by molar-refractivity contribution is -0.232. The Morgan fingerprint density at radius 2 is 2.00 bits per heavy atom. The summed E-state index contributed by atoms with van der Waals surface area (Å²) in [5, 5.41) is 53.8. The number of rotatable bonds is 4. The van der Waals surface area contributed by atoms with E-state index in [0.29, 0.717) is 12.4 Å². The zero-order valence-corrected chi connectivity index (χ0v) is 20.4. The molecule has 0 aromatic heterocycles. The lowest BCUT2D eigenvalue weighted by Crippen LogP contribution is -2.81. The van der Waals surface area contributed by atoms with E-state index in [0.717, 1.165) is 12.0 Å². The molecule has 2 amide bonds. The van der Waals surface area contributed by atoms with Gasteiger partial charge in [0.1, 0.15) is 11.8 Å². The van der Waals surface area contributed by atoms with E-state index in [1.54, 1.807) is 12.1 Å². The third kappa shape index (κ3) is 3.37. The molecule has 13 heteroatoms. The van der Waals surface area contributed by atoms with E-state index in [9.17, 15) is 19.8 Å². The first-order valence-corrected chi connectivity index (χ1v) is 11.9. The number of amides is 2. The molecule has 194 valence electrons. The highest BCUT2D eigenvalue weighted by atomic mass is 16.5. The lowest BCUT2D eigenvalue weighted by Gasteiger charge is -2.51. The number of carbonyl (C=O) groups excluding carboxylic acids is 2. The number of benzene rings is 1. The predicted octanol–water partition coefficient (Wildman–Crippen LogP) is -1.92. The van der Waals surface area contributed by atoms with E-state index in [1.165, 1.54) is 11.8 Å². The van der Waals surface area contributed by atoms with Crippen molar-refractivity contribution >= 4 is 23.7 Å². The zero-order chi connectivity index (χ0) is 26.0. The Bertz CT molecular complexity index is 1150. The maximum Gasteiger partial charge on any atom is 0.255 e. The number of aliphatic hydroxyl groups is 2. The highest BCUT2D eigenvalue weighted by Gasteiger charge is 2.74. The summed E-state index contributed by atoms with van der Waals surface area (Å²) >= 11 is 0. The van der Waals surface area contributed by atoms with Gasteiger partial charge in [0.2, 0.25) is 11.7 Å². The standard InChI is InChI=1S/C23H32N8O5/c1-11(32)26-9-14-17-22(30-19(24)29-17)23(34,35)15(10-31(22)20(25)27-14)28-18(33)12-5-4-6-13-16(12)36-8-7-21(13,2)3/h4-6,14-15,17,34-35H,7-10H2,1-3H3,(H2,25,27)(H,26,32)(H,28,33)(H3,24,29,30)/t14-,15-,17-,22-/m0/s1. The van der Waals surface area contributed by atoms with Gasteiger partial charge in [0.15, 0.2) is 17.6 Å². The fourth-order valence-corrected chi connectivity index (χ4v) is 5.79. The number of para-hydroxylation sites is 1. The summed E-state index contributed by atoms with van der Waals surface area (Å²) in [6.45, 7) is 5.95. The average Bonchev–Trinajstić information content (AvgIpc) is 3.26. The largest absolute Gasteiger partial charge is 0.492 e. The number of carbonyl (C=O) groups is 2. The van der Waals surface area contributed by atoms with E-state index in [-0.39, 0.29) is 41.9 Å². The van der Waals surface area contributed by atoms with Crippen LogP contribution in [0.1, 0.15) is 43.1 Å². The molecule has 0 saturated carbocycles. The summed E-state index contributed by atoms with van der Waals surface area (Å²) in [7, 11) is 0. The molecule has 3 saturated heterocycles. The molecule has 1 aromatic carbocycles. The fourth-order valence-electron chi connectivity index (χ4n) is 5.79. The monoisotopic (exact) mass is 500 g/mol. The molecule has 5 rings (SSSR count). The molecule has 9 N–H and O–H groups in total. The van der Waals surface area contributed by atoms with Gasteiger partial charge in [-0.25, -0.2) is 0 Å². The molecule has 0 aliphatic carbocycles. The molecule has 0 bridgehead atoms. The van der Waals surface area contributed by atoms with Gasteiger partial charge in [-0.2, -0.15) is 0 Å². The Hall–Kier alpha value is -3.58. The van der Waals surface area contributed by atoms with Gasteiger partial charge in [0.05, 0.1) is 24.3 Å². The Kier molecular flexibility index (Phi) is 5.34. The number of hydrogen-bond acceptors (Lipinski definition) is 7. The second kappa shape index (κ2) is 7.96. The number of nitrogens with one attached hydrogen (secondary N) is 7. The quantitative estimate of drug-likeness (QED) is 0.212. The van der Waals surface area contributed by atoms with Crippen molar-refractivity contribution in [2.45, 2.75) is 62.2 Å². The van der Waals surface area contributed by atoms with Gasteiger partial charge in [-0.05, 0) is 17.9 Å². The Labute approximate surface area is 208 Å². The Morgan fingerprint density at radius 1 is 1.25 bits per heavy atom. The minimum absolute atomic E-state index is 0.0797. The van der Waals surface area contributed by atoms with Crippen molar-refractivity contribution in [3.05, 3.63) is 29.3 Å². The van der Waals surface area contributed by atoms with Gasteiger partial charge in [-0.1, -0.05) is 26.0 Å². The summed E-state index contributed by atoms with van der Waals surface area (Å²) in [5.74, 6) is -3.23. The van der Waals surface area contributed by atoms with Gasteiger partial charge in [-0.15, -0.1) is 0 Å². The summed E-state index contributed by atoms with van der Waals surface area (Å²) in [6, 6.07) is 2.65. The molecule has 3 fully saturated rings. The van der Waals surface area contributed by atoms with E-state index >= 15 is 0 Å². The molecule has 1 spiro atoms. The van der Waals surface area contributed by atoms with Gasteiger partial charge in [-0.3, -0.25) is 20.4 Å². The maximum absolute atomic E-state index is 13.4. The van der Waals surface area contributed by atoms with Crippen LogP contribution in [0.3, 0.4) is 0 Å². The van der Waals surface area contributed by atoms with Crippen molar-refractivity contribution < 1.29 is 24.5 Å². The van der Waals surface area contributed by atoms with Crippen LogP contribution >= 0.6 is 0 Å². The van der Waals surface area contributed by atoms with Crippen LogP contribution in [0.4, 0.5) is 0 Å². The zero-order valence-electron chi connectivity index (χ0n) is 20.4. The normalized spacial score (nSPS) is 31.0. The smallest absolute Gasteiger partial charge is 0.255 e. The average molecular weight is 501 g/mol. The van der Waals surface area contributed by atoms with Crippen LogP contribution in [0.2, 0.25) is 0 Å². The van der Waals surface area contributed by atoms with Crippen molar-refractivity contribution in [3.63, 3.8) is 0 Å². The van der Waals surface area contributed by atoms with Crippen molar-refractivity contribution in [1.29, 1.82) is 10.8 Å². The summed E-state index contributed by atoms with van der Waals surface area (Å²) in [6.07, 6.45) is 0.808. The van der Waals surface area contributed by atoms with Crippen LogP contribution in [0.5, 0.6) is 5.75 Å². The number of nitrogens with zero attached hydrogens (tertiary/aromatic N) is 1. The van der Waals surface area contributed by atoms with E-state index < -0.39 is 35.5 Å². The molecular weight excluding hydrogens is 468 g/mol. The molecule has 0 radical (unpaired) electrons. The lowest BCUT2D eigenvalue weighted by atomic mass is 9.79. The minimum atomic E-state index is -2.60. The first-order chi connectivity index (χ1) is 16.9. The number of hydrogen-bond donors (Lipinski definition) is 9. The summed E-state index contributed by atoms with van der Waals surface area (Å²) < 4.78 is 5.86. The van der Waals surface area contributed by atoms with Crippen LogP contribution in [0.15, 0.2) is 18.2 Å². The van der Waals surface area contributed by atoms with E-state index in [4.69, 9.17) is 15.6 Å². The van der Waals surface area contributed by atoms with Crippen LogP contribution in [-0.2, 0) is 10.2 Å². The molecule has 1 aromatic rings. The van der Waals surface area contributed by atoms with E-state index in [2.05, 4.69) is 40.4 Å². The van der Waals surface area contributed by atoms with Gasteiger partial charge in [0, 0.05) is 25.6 Å². The van der Waals surface area contributed by atoms with Crippen LogP contribution in [0, 0.1) is 10.8 Å². The Morgan fingerprint density at radius 3 is 2.72 bits per heavy atom. The van der Waals surface area contributed by atoms with E-state index in [1.807, 2.05) is 6.07 Å². The fraction of sp³-hybridized carbons (Fsp3) is 0.565. The molecular formula is C23H32N8O5. The van der Waals surface area contributed by atoms with Crippen LogP contribution in [-0.4, -0.2) is 88.1 Å². The van der Waals surface area contributed by atoms with Crippen molar-refractivity contribution in [3.8, 4) is 5.75 Å².